The Balaban J connectivity index is 3.05. The minimum atomic E-state index is -0.611. The molecule has 0 bridgehead atoms. The van der Waals surface area contributed by atoms with E-state index in [-0.39, 0.29) is 6.42 Å². The number of aromatic nitrogens is 1. The van der Waals surface area contributed by atoms with Crippen LogP contribution in [0.1, 0.15) is 5.56 Å². The highest BCUT2D eigenvalue weighted by molar-refractivity contribution is 6.31. The van der Waals surface area contributed by atoms with Gasteiger partial charge < -0.3 is 0 Å². The van der Waals surface area contributed by atoms with E-state index in [4.69, 9.17) is 16.9 Å². The molecule has 0 spiro atoms. The van der Waals surface area contributed by atoms with Crippen molar-refractivity contribution in [2.75, 3.05) is 0 Å². The molecular formula is C7H4ClFN2. The Bertz CT molecular complexity index is 306. The molecule has 0 fully saturated rings. The second-order valence-corrected chi connectivity index (χ2v) is 2.34. The van der Waals surface area contributed by atoms with Crippen molar-refractivity contribution in [2.24, 2.45) is 0 Å². The summed E-state index contributed by atoms with van der Waals surface area (Å²) < 4.78 is 12.4. The van der Waals surface area contributed by atoms with Crippen LogP contribution >= 0.6 is 11.6 Å². The number of halogens is 2. The number of nitrogens with zero attached hydrogens (tertiary/aromatic N) is 2. The van der Waals surface area contributed by atoms with Crippen molar-refractivity contribution < 1.29 is 4.39 Å². The van der Waals surface area contributed by atoms with Gasteiger partial charge in [0.1, 0.15) is 0 Å². The van der Waals surface area contributed by atoms with Gasteiger partial charge in [0.15, 0.2) is 0 Å². The van der Waals surface area contributed by atoms with Crippen molar-refractivity contribution in [2.45, 2.75) is 6.42 Å². The number of rotatable bonds is 1. The Morgan fingerprint density at radius 1 is 1.73 bits per heavy atom. The molecule has 56 valence electrons. The third-order valence-corrected chi connectivity index (χ3v) is 1.51. The number of hydrogen-bond acceptors (Lipinski definition) is 2. The van der Waals surface area contributed by atoms with Gasteiger partial charge in [-0.3, -0.25) is 0 Å². The lowest BCUT2D eigenvalue weighted by Gasteiger charge is -1.96. The summed E-state index contributed by atoms with van der Waals surface area (Å²) in [5, 5.41) is 8.61. The third-order valence-electron chi connectivity index (χ3n) is 1.17. The van der Waals surface area contributed by atoms with E-state index in [1.807, 2.05) is 6.07 Å². The molecule has 0 unspecified atom stereocenters. The summed E-state index contributed by atoms with van der Waals surface area (Å²) >= 11 is 5.59. The fraction of sp³-hybridized carbons (Fsp3) is 0.143. The number of pyridine rings is 1. The van der Waals surface area contributed by atoms with Crippen LogP contribution in [0.25, 0.3) is 0 Å². The van der Waals surface area contributed by atoms with Gasteiger partial charge in [0.05, 0.1) is 17.5 Å². The summed E-state index contributed by atoms with van der Waals surface area (Å²) in [7, 11) is 0. The zero-order valence-electron chi connectivity index (χ0n) is 5.51. The fourth-order valence-corrected chi connectivity index (χ4v) is 0.842. The molecule has 1 rings (SSSR count). The minimum absolute atomic E-state index is 0.109. The van der Waals surface area contributed by atoms with Crippen molar-refractivity contribution in [3.05, 3.63) is 28.8 Å². The van der Waals surface area contributed by atoms with Crippen molar-refractivity contribution in [3.8, 4) is 6.07 Å². The molecule has 1 aromatic rings. The summed E-state index contributed by atoms with van der Waals surface area (Å²) in [5.41, 5.74) is 0.474. The molecule has 1 heterocycles. The lowest BCUT2D eigenvalue weighted by Crippen LogP contribution is -1.88. The molecular weight excluding hydrogens is 167 g/mol. The Hall–Kier alpha value is -1.14. The van der Waals surface area contributed by atoms with E-state index in [9.17, 15) is 4.39 Å². The van der Waals surface area contributed by atoms with Crippen LogP contribution in [0.3, 0.4) is 0 Å². The molecule has 0 saturated carbocycles. The second kappa shape index (κ2) is 3.31. The predicted molar refractivity (Wildman–Crippen MR) is 38.5 cm³/mol. The Kier molecular flexibility index (Phi) is 2.40. The lowest BCUT2D eigenvalue weighted by molar-refractivity contribution is 0.582. The van der Waals surface area contributed by atoms with Gasteiger partial charge in [-0.25, -0.2) is 4.98 Å². The summed E-state index contributed by atoms with van der Waals surface area (Å²) in [4.78, 5) is 3.31. The van der Waals surface area contributed by atoms with Crippen LogP contribution in [0, 0.1) is 17.3 Å². The average Bonchev–Trinajstić information content (AvgIpc) is 1.98. The highest BCUT2D eigenvalue weighted by Crippen LogP contribution is 2.14. The van der Waals surface area contributed by atoms with Gasteiger partial charge in [0.2, 0.25) is 5.95 Å². The molecule has 0 aliphatic heterocycles. The Morgan fingerprint density at radius 3 is 3.09 bits per heavy atom. The molecule has 4 heteroatoms. The molecule has 0 amide bonds. The summed E-state index contributed by atoms with van der Waals surface area (Å²) in [5.74, 6) is -0.611. The van der Waals surface area contributed by atoms with E-state index < -0.39 is 5.95 Å². The van der Waals surface area contributed by atoms with Gasteiger partial charge >= 0.3 is 0 Å². The van der Waals surface area contributed by atoms with Gasteiger partial charge in [-0.1, -0.05) is 11.6 Å². The Morgan fingerprint density at radius 2 is 2.45 bits per heavy atom. The average molecular weight is 171 g/mol. The van der Waals surface area contributed by atoms with Crippen LogP contribution in [-0.2, 0) is 6.42 Å². The monoisotopic (exact) mass is 170 g/mol. The van der Waals surface area contributed by atoms with Crippen LogP contribution in [0.2, 0.25) is 5.02 Å². The maximum Gasteiger partial charge on any atom is 0.213 e. The summed E-state index contributed by atoms with van der Waals surface area (Å²) in [6.07, 6.45) is 1.31. The highest BCUT2D eigenvalue weighted by atomic mass is 35.5. The molecule has 0 atom stereocenters. The first kappa shape index (κ1) is 7.96. The lowest BCUT2D eigenvalue weighted by atomic mass is 10.2. The topological polar surface area (TPSA) is 36.7 Å². The van der Waals surface area contributed by atoms with E-state index in [1.54, 1.807) is 0 Å². The molecule has 0 N–H and O–H groups in total. The Labute approximate surface area is 68.2 Å². The molecule has 2 nitrogen and oxygen atoms in total. The van der Waals surface area contributed by atoms with E-state index in [2.05, 4.69) is 4.98 Å². The zero-order valence-corrected chi connectivity index (χ0v) is 6.27. The first-order valence-corrected chi connectivity index (χ1v) is 3.28. The maximum absolute atomic E-state index is 12.4. The van der Waals surface area contributed by atoms with Crippen molar-refractivity contribution >= 4 is 11.6 Å². The van der Waals surface area contributed by atoms with Gasteiger partial charge in [-0.05, 0) is 11.6 Å². The summed E-state index contributed by atoms with van der Waals surface area (Å²) in [6, 6.07) is 3.03. The molecule has 0 aromatic carbocycles. The van der Waals surface area contributed by atoms with Gasteiger partial charge in [0.25, 0.3) is 0 Å². The van der Waals surface area contributed by atoms with Crippen LogP contribution in [0.4, 0.5) is 4.39 Å². The SMILES string of the molecule is N#CCc1cc(F)ncc1Cl. The predicted octanol–water partition coefficient (Wildman–Crippen LogP) is 1.94. The van der Waals surface area contributed by atoms with E-state index in [0.29, 0.717) is 10.6 Å². The van der Waals surface area contributed by atoms with E-state index in [1.165, 1.54) is 6.20 Å². The number of hydrogen-bond donors (Lipinski definition) is 0. The van der Waals surface area contributed by atoms with Crippen LogP contribution in [-0.4, -0.2) is 4.98 Å². The zero-order chi connectivity index (χ0) is 8.27. The molecule has 0 saturated heterocycles. The van der Waals surface area contributed by atoms with Crippen molar-refractivity contribution in [3.63, 3.8) is 0 Å². The highest BCUT2D eigenvalue weighted by Gasteiger charge is 2.01. The van der Waals surface area contributed by atoms with Crippen LogP contribution in [0.5, 0.6) is 0 Å². The molecule has 11 heavy (non-hydrogen) atoms. The molecule has 1 aromatic heterocycles. The molecule has 0 aliphatic carbocycles. The minimum Gasteiger partial charge on any atom is -0.227 e. The van der Waals surface area contributed by atoms with Gasteiger partial charge in [0, 0.05) is 6.20 Å². The largest absolute Gasteiger partial charge is 0.227 e. The quantitative estimate of drug-likeness (QED) is 0.604. The first-order valence-electron chi connectivity index (χ1n) is 2.91. The molecule has 0 radical (unpaired) electrons. The van der Waals surface area contributed by atoms with E-state index >= 15 is 0 Å². The van der Waals surface area contributed by atoms with Crippen LogP contribution < -0.4 is 0 Å². The van der Waals surface area contributed by atoms with Gasteiger partial charge in [-0.2, -0.15) is 9.65 Å². The first-order chi connectivity index (χ1) is 5.24. The number of nitriles is 1. The fourth-order valence-electron chi connectivity index (χ4n) is 0.672. The van der Waals surface area contributed by atoms with E-state index in [0.717, 1.165) is 6.07 Å². The van der Waals surface area contributed by atoms with Gasteiger partial charge in [-0.15, -0.1) is 0 Å². The standard InChI is InChI=1S/C7H4ClFN2/c8-6-4-11-7(9)3-5(6)1-2-10/h3-4H,1H2. The molecule has 0 aliphatic rings. The normalized spacial score (nSPS) is 9.18. The van der Waals surface area contributed by atoms with Crippen molar-refractivity contribution in [1.82, 2.24) is 4.98 Å². The van der Waals surface area contributed by atoms with Crippen LogP contribution in [0.15, 0.2) is 12.3 Å². The smallest absolute Gasteiger partial charge is 0.213 e. The van der Waals surface area contributed by atoms with Crippen molar-refractivity contribution in [1.29, 1.82) is 5.26 Å². The summed E-state index contributed by atoms with van der Waals surface area (Å²) in [6.45, 7) is 0. The maximum atomic E-state index is 12.4. The second-order valence-electron chi connectivity index (χ2n) is 1.93. The third kappa shape index (κ3) is 1.89.